The summed E-state index contributed by atoms with van der Waals surface area (Å²) in [6.07, 6.45) is 22.6. The van der Waals surface area contributed by atoms with Crippen molar-refractivity contribution in [2.24, 2.45) is 22.5 Å². The Labute approximate surface area is 345 Å². The predicted octanol–water partition coefficient (Wildman–Crippen LogP) is 11.2. The Bertz CT molecular complexity index is 1420. The molecule has 1 aromatic carbocycles. The third kappa shape index (κ3) is 16.8. The maximum absolute atomic E-state index is 13.0. The number of hydrogen-bond donors (Lipinski definition) is 2. The fraction of sp³-hybridized carbons (Fsp3) is 0.756. The summed E-state index contributed by atoms with van der Waals surface area (Å²) in [6, 6.07) is 13.8. The predicted molar refractivity (Wildman–Crippen MR) is 229 cm³/mol. The van der Waals surface area contributed by atoms with Gasteiger partial charge < -0.3 is 30.4 Å². The zero-order valence-electron chi connectivity index (χ0n) is 35.9. The summed E-state index contributed by atoms with van der Waals surface area (Å²) in [5, 5.41) is 4.36. The fourth-order valence-electron chi connectivity index (χ4n) is 8.09. The highest BCUT2D eigenvalue weighted by molar-refractivity contribution is 7.33. The first-order chi connectivity index (χ1) is 27.6. The highest BCUT2D eigenvalue weighted by Gasteiger charge is 2.56. The van der Waals surface area contributed by atoms with Gasteiger partial charge in [-0.2, -0.15) is 5.10 Å². The Balaban J connectivity index is 1.16. The van der Waals surface area contributed by atoms with Crippen LogP contribution in [0.15, 0.2) is 47.6 Å². The number of nitrogens with zero attached hydrogens (tertiary/aromatic N) is 2. The van der Waals surface area contributed by atoms with Gasteiger partial charge in [-0.3, -0.25) is 0 Å². The minimum Gasteiger partial charge on any atom is -0.388 e. The zero-order chi connectivity index (χ0) is 40.9. The lowest BCUT2D eigenvalue weighted by Gasteiger charge is -2.25. The van der Waals surface area contributed by atoms with Crippen molar-refractivity contribution in [2.75, 3.05) is 13.2 Å². The second-order valence-electron chi connectivity index (χ2n) is 16.9. The maximum Gasteiger partial charge on any atom is 0.697 e. The van der Waals surface area contributed by atoms with Crippen molar-refractivity contribution in [1.82, 2.24) is 4.68 Å². The molecule has 0 amide bonds. The lowest BCUT2D eigenvalue weighted by Crippen LogP contribution is -2.31. The molecule has 1 aromatic heterocycles. The fourth-order valence-corrected chi connectivity index (χ4v) is 8.83. The molecule has 3 unspecified atom stereocenters. The summed E-state index contributed by atoms with van der Waals surface area (Å²) in [5.41, 5.74) is 14.6. The van der Waals surface area contributed by atoms with Crippen LogP contribution in [0, 0.1) is 5.92 Å². The molecular formula is C45H76N4O7P+. The van der Waals surface area contributed by atoms with Gasteiger partial charge in [-0.05, 0) is 57.2 Å². The summed E-state index contributed by atoms with van der Waals surface area (Å²) >= 11 is 0. The maximum atomic E-state index is 13.0. The van der Waals surface area contributed by atoms with Crippen molar-refractivity contribution in [2.45, 2.75) is 199 Å². The van der Waals surface area contributed by atoms with Crippen LogP contribution in [-0.4, -0.2) is 54.4 Å². The van der Waals surface area contributed by atoms with Crippen molar-refractivity contribution in [3.05, 3.63) is 59.4 Å². The molecule has 0 spiro atoms. The van der Waals surface area contributed by atoms with E-state index < -0.39 is 20.1 Å². The summed E-state index contributed by atoms with van der Waals surface area (Å²) in [4.78, 5) is 0. The summed E-state index contributed by atoms with van der Waals surface area (Å²) in [7, 11) is -2.32. The summed E-state index contributed by atoms with van der Waals surface area (Å²) in [5.74, 6) is -0.760. The van der Waals surface area contributed by atoms with Crippen molar-refractivity contribution in [3.8, 4) is 0 Å². The lowest BCUT2D eigenvalue weighted by molar-refractivity contribution is -0.190. The van der Waals surface area contributed by atoms with Crippen LogP contribution in [0.3, 0.4) is 0 Å². The van der Waals surface area contributed by atoms with E-state index in [9.17, 15) is 4.57 Å². The molecule has 0 bridgehead atoms. The van der Waals surface area contributed by atoms with Crippen LogP contribution < -0.4 is 11.5 Å². The number of rotatable bonds is 31. The summed E-state index contributed by atoms with van der Waals surface area (Å²) in [6.45, 7) is 11.0. The molecule has 11 nitrogen and oxygen atoms in total. The molecule has 12 heteroatoms. The molecule has 3 heterocycles. The second kappa shape index (κ2) is 26.1. The van der Waals surface area contributed by atoms with Crippen LogP contribution in [0.4, 0.5) is 0 Å². The number of fused-ring (bicyclic) bond motifs is 1. The van der Waals surface area contributed by atoms with E-state index in [0.717, 1.165) is 29.8 Å². The largest absolute Gasteiger partial charge is 0.697 e. The molecule has 57 heavy (non-hydrogen) atoms. The number of aromatic nitrogens is 1. The van der Waals surface area contributed by atoms with Crippen molar-refractivity contribution < 1.29 is 32.6 Å². The van der Waals surface area contributed by atoms with Crippen LogP contribution in [0.2, 0.25) is 0 Å². The molecule has 8 atom stereocenters. The molecule has 0 saturated carbocycles. The Morgan fingerprint density at radius 2 is 1.40 bits per heavy atom. The van der Waals surface area contributed by atoms with Gasteiger partial charge in [0.2, 0.25) is 0 Å². The van der Waals surface area contributed by atoms with Gasteiger partial charge in [-0.15, -0.1) is 9.05 Å². The van der Waals surface area contributed by atoms with E-state index >= 15 is 0 Å². The van der Waals surface area contributed by atoms with Gasteiger partial charge in [0.05, 0.1) is 30.2 Å². The molecule has 2 saturated heterocycles. The molecule has 0 radical (unpaired) electrons. The Morgan fingerprint density at radius 3 is 2.00 bits per heavy atom. The van der Waals surface area contributed by atoms with E-state index in [0.29, 0.717) is 13.0 Å². The highest BCUT2D eigenvalue weighted by Crippen LogP contribution is 2.47. The van der Waals surface area contributed by atoms with E-state index in [4.69, 9.17) is 39.5 Å². The van der Waals surface area contributed by atoms with E-state index in [1.807, 2.05) is 51.1 Å². The Kier molecular flexibility index (Phi) is 21.7. The quantitative estimate of drug-likeness (QED) is 0.0329. The molecule has 2 aromatic rings. The Morgan fingerprint density at radius 1 is 0.825 bits per heavy atom. The van der Waals surface area contributed by atoms with Crippen LogP contribution in [0.25, 0.3) is 0 Å². The van der Waals surface area contributed by atoms with E-state index in [-0.39, 0.29) is 49.6 Å². The first-order valence-corrected chi connectivity index (χ1v) is 23.3. The highest BCUT2D eigenvalue weighted by atomic mass is 31.1. The van der Waals surface area contributed by atoms with Gasteiger partial charge >= 0.3 is 8.25 Å². The van der Waals surface area contributed by atoms with Gasteiger partial charge in [0.1, 0.15) is 37.9 Å². The monoisotopic (exact) mass is 816 g/mol. The average molecular weight is 816 g/mol. The molecule has 4 rings (SSSR count). The Hall–Kier alpha value is -2.21. The van der Waals surface area contributed by atoms with E-state index in [1.165, 1.54) is 103 Å². The zero-order valence-corrected chi connectivity index (χ0v) is 36.8. The minimum atomic E-state index is -2.32. The second-order valence-corrected chi connectivity index (χ2v) is 17.8. The lowest BCUT2D eigenvalue weighted by atomic mass is 9.98. The number of benzene rings is 1. The van der Waals surface area contributed by atoms with Crippen molar-refractivity contribution in [3.63, 3.8) is 0 Å². The van der Waals surface area contributed by atoms with Crippen LogP contribution >= 0.6 is 8.25 Å². The van der Waals surface area contributed by atoms with Crippen LogP contribution in [0.5, 0.6) is 0 Å². The average Bonchev–Trinajstić information content (AvgIpc) is 3.85. The van der Waals surface area contributed by atoms with Crippen molar-refractivity contribution in [1.29, 1.82) is 0 Å². The third-order valence-electron chi connectivity index (χ3n) is 11.2. The smallest absolute Gasteiger partial charge is 0.388 e. The van der Waals surface area contributed by atoms with Gasteiger partial charge in [0, 0.05) is 10.6 Å². The standard InChI is InChI=1S/C45H76N4O7P/c1-6-7-8-9-10-11-12-13-14-15-16-17-18-19-20-24-27-38(51-32-37-25-22-21-23-26-37)33-53-57(50)52-31-35(2)30-41-43-44(56-45(4,5)55-43)42(54-41)40-29-28-39(36(3)47)49(40)48-34-46/h21-23,25-26,28-29,34-36,38,41-44H,6-20,24,27,30-33,47H2,1-5H3,(H2,46,48)/q+1/t35?,36?,38-,41+,42-,43+,44-/m0/s1. The topological polar surface area (TPSA) is 142 Å². The third-order valence-corrected chi connectivity index (χ3v) is 11.9. The van der Waals surface area contributed by atoms with Crippen LogP contribution in [0.1, 0.15) is 179 Å². The van der Waals surface area contributed by atoms with Gasteiger partial charge in [0.15, 0.2) is 5.79 Å². The first-order valence-electron chi connectivity index (χ1n) is 22.2. The molecule has 0 aliphatic carbocycles. The molecule has 322 valence electrons. The molecule has 2 aliphatic rings. The SMILES string of the molecule is CCCCCCCCCCCCCCCCCC[C@@H](CO[P+](=O)OCC(C)C[C@H]1O[C@@H](c2ccc(C(C)N)n2/N=C\N)[C@@H]2OC(C)(C)O[C@@H]21)OCc1ccccc1. The number of ether oxygens (including phenoxy) is 4. The van der Waals surface area contributed by atoms with Gasteiger partial charge in [0.25, 0.3) is 0 Å². The number of unbranched alkanes of at least 4 members (excludes halogenated alkanes) is 15. The van der Waals surface area contributed by atoms with E-state index in [2.05, 4.69) is 31.1 Å². The van der Waals surface area contributed by atoms with Gasteiger partial charge in [-0.25, -0.2) is 4.68 Å². The number of nitrogens with two attached hydrogens (primary N) is 2. The molecular weight excluding hydrogens is 739 g/mol. The molecule has 2 aliphatic heterocycles. The molecule has 4 N–H and O–H groups in total. The van der Waals surface area contributed by atoms with Crippen LogP contribution in [-0.2, 0) is 39.2 Å². The molecule has 2 fully saturated rings. The van der Waals surface area contributed by atoms with E-state index in [1.54, 1.807) is 4.68 Å². The minimum absolute atomic E-state index is 0.00738. The normalized spacial score (nSPS) is 22.2. The van der Waals surface area contributed by atoms with Crippen molar-refractivity contribution >= 4 is 14.6 Å². The number of hydrogen-bond acceptors (Lipinski definition) is 9. The van der Waals surface area contributed by atoms with Gasteiger partial charge in [-0.1, -0.05) is 147 Å². The first kappa shape index (κ1) is 47.5. The summed E-state index contributed by atoms with van der Waals surface area (Å²) < 4.78 is 51.8.